The number of aliphatic carboxylic acids is 1. The fourth-order valence-corrected chi connectivity index (χ4v) is 5.62. The van der Waals surface area contributed by atoms with E-state index in [-0.39, 0.29) is 24.1 Å². The molecular formula is C26H31N5O5. The summed E-state index contributed by atoms with van der Waals surface area (Å²) in [6.45, 7) is 3.95. The monoisotopic (exact) mass is 493 g/mol. The SMILES string of the molecule is COC(=O)N1c2ccc3c(nc([C@@H](C)Oc4cnccn4)n3C3CCC(C(=O)O)CC3)c2CC[C@@H]1C. The standard InChI is InChI=1S/C26H31N5O5/c1-15-4-9-19-20(30(15)26(34)35-3)10-11-21-23(19)29-24(16(2)36-22-14-27-12-13-28-22)31(21)18-7-5-17(6-8-18)25(32)33/h10-18H,4-9H2,1-3H3,(H,32,33)/t15-,16+,17?,18?/m0/s1. The molecule has 0 spiro atoms. The molecule has 190 valence electrons. The highest BCUT2D eigenvalue weighted by molar-refractivity contribution is 5.95. The number of aromatic nitrogens is 4. The van der Waals surface area contributed by atoms with E-state index in [0.29, 0.717) is 18.7 Å². The van der Waals surface area contributed by atoms with Gasteiger partial charge in [0, 0.05) is 30.0 Å². The predicted octanol–water partition coefficient (Wildman–Crippen LogP) is 4.69. The van der Waals surface area contributed by atoms with Crippen LogP contribution in [0.15, 0.2) is 30.7 Å². The minimum atomic E-state index is -0.727. The van der Waals surface area contributed by atoms with Gasteiger partial charge >= 0.3 is 12.1 Å². The van der Waals surface area contributed by atoms with E-state index in [2.05, 4.69) is 14.5 Å². The number of rotatable bonds is 5. The highest BCUT2D eigenvalue weighted by Crippen LogP contribution is 2.41. The first-order valence-electron chi connectivity index (χ1n) is 12.4. The molecule has 10 nitrogen and oxygen atoms in total. The lowest BCUT2D eigenvalue weighted by Crippen LogP contribution is -2.42. The Labute approximate surface area is 209 Å². The fraction of sp³-hybridized carbons (Fsp3) is 0.500. The number of methoxy groups -OCH3 is 1. The quantitative estimate of drug-likeness (QED) is 0.544. The van der Waals surface area contributed by atoms with Crippen LogP contribution in [-0.2, 0) is 16.0 Å². The van der Waals surface area contributed by atoms with Crippen molar-refractivity contribution in [3.05, 3.63) is 42.1 Å². The van der Waals surface area contributed by atoms with Gasteiger partial charge < -0.3 is 19.1 Å². The highest BCUT2D eigenvalue weighted by Gasteiger charge is 2.34. The molecule has 1 aliphatic carbocycles. The van der Waals surface area contributed by atoms with E-state index in [1.165, 1.54) is 7.11 Å². The van der Waals surface area contributed by atoms with Gasteiger partial charge in [-0.15, -0.1) is 0 Å². The first kappa shape index (κ1) is 24.0. The molecule has 0 unspecified atom stereocenters. The van der Waals surface area contributed by atoms with Crippen molar-refractivity contribution >= 4 is 28.8 Å². The molecule has 5 rings (SSSR count). The number of amides is 1. The molecule has 3 heterocycles. The lowest BCUT2D eigenvalue weighted by atomic mass is 9.85. The number of hydrogen-bond acceptors (Lipinski definition) is 7. The van der Waals surface area contributed by atoms with Crippen LogP contribution in [-0.4, -0.2) is 49.8 Å². The number of carboxylic acids is 1. The predicted molar refractivity (Wildman–Crippen MR) is 132 cm³/mol. The Morgan fingerprint density at radius 2 is 1.92 bits per heavy atom. The maximum Gasteiger partial charge on any atom is 0.414 e. The van der Waals surface area contributed by atoms with Crippen molar-refractivity contribution in [3.63, 3.8) is 0 Å². The van der Waals surface area contributed by atoms with Crippen molar-refractivity contribution in [1.82, 2.24) is 19.5 Å². The zero-order valence-corrected chi connectivity index (χ0v) is 20.8. The molecule has 1 amide bonds. The number of nitrogens with zero attached hydrogens (tertiary/aromatic N) is 5. The maximum atomic E-state index is 12.6. The van der Waals surface area contributed by atoms with Gasteiger partial charge in [0.25, 0.3) is 0 Å². The second-order valence-electron chi connectivity index (χ2n) is 9.65. The minimum Gasteiger partial charge on any atom is -0.481 e. The summed E-state index contributed by atoms with van der Waals surface area (Å²) in [5.41, 5.74) is 3.65. The van der Waals surface area contributed by atoms with Crippen LogP contribution in [0.2, 0.25) is 0 Å². The summed E-state index contributed by atoms with van der Waals surface area (Å²) >= 11 is 0. The molecule has 36 heavy (non-hydrogen) atoms. The topological polar surface area (TPSA) is 120 Å². The molecule has 1 aliphatic heterocycles. The van der Waals surface area contributed by atoms with Crippen molar-refractivity contribution in [2.75, 3.05) is 12.0 Å². The summed E-state index contributed by atoms with van der Waals surface area (Å²) in [7, 11) is 1.40. The van der Waals surface area contributed by atoms with E-state index in [9.17, 15) is 14.7 Å². The first-order valence-corrected chi connectivity index (χ1v) is 12.4. The zero-order valence-electron chi connectivity index (χ0n) is 20.8. The van der Waals surface area contributed by atoms with Gasteiger partial charge in [-0.25, -0.2) is 14.8 Å². The average Bonchev–Trinajstić information content (AvgIpc) is 3.29. The molecule has 0 saturated heterocycles. The molecule has 0 bridgehead atoms. The minimum absolute atomic E-state index is 0.0224. The number of imidazole rings is 1. The Kier molecular flexibility index (Phi) is 6.51. The first-order chi connectivity index (χ1) is 17.4. The third-order valence-electron chi connectivity index (χ3n) is 7.46. The summed E-state index contributed by atoms with van der Waals surface area (Å²) in [5, 5.41) is 9.48. The molecule has 1 fully saturated rings. The molecule has 1 aromatic carbocycles. The summed E-state index contributed by atoms with van der Waals surface area (Å²) in [6, 6.07) is 4.11. The third-order valence-corrected chi connectivity index (χ3v) is 7.46. The van der Waals surface area contributed by atoms with Gasteiger partial charge in [-0.3, -0.25) is 14.7 Å². The van der Waals surface area contributed by atoms with E-state index in [1.807, 2.05) is 26.0 Å². The van der Waals surface area contributed by atoms with Crippen LogP contribution in [0.1, 0.15) is 69.5 Å². The molecule has 1 saturated carbocycles. The maximum absolute atomic E-state index is 12.6. The molecule has 2 atom stereocenters. The van der Waals surface area contributed by atoms with Crippen LogP contribution in [0.3, 0.4) is 0 Å². The number of aryl methyl sites for hydroxylation is 1. The number of carbonyl (C=O) groups excluding carboxylic acids is 1. The Morgan fingerprint density at radius 1 is 1.14 bits per heavy atom. The zero-order chi connectivity index (χ0) is 25.4. The molecule has 10 heteroatoms. The van der Waals surface area contributed by atoms with Gasteiger partial charge in [0.05, 0.1) is 35.9 Å². The van der Waals surface area contributed by atoms with Gasteiger partial charge in [-0.05, 0) is 64.5 Å². The van der Waals surface area contributed by atoms with Gasteiger partial charge in [0.15, 0.2) is 11.9 Å². The molecule has 3 aromatic rings. The van der Waals surface area contributed by atoms with E-state index >= 15 is 0 Å². The number of benzene rings is 1. The largest absolute Gasteiger partial charge is 0.481 e. The fourth-order valence-electron chi connectivity index (χ4n) is 5.62. The number of carbonyl (C=O) groups is 2. The van der Waals surface area contributed by atoms with E-state index in [1.54, 1.807) is 23.5 Å². The summed E-state index contributed by atoms with van der Waals surface area (Å²) in [5.74, 6) is 0.127. The lowest BCUT2D eigenvalue weighted by Gasteiger charge is -2.34. The Morgan fingerprint density at radius 3 is 2.58 bits per heavy atom. The van der Waals surface area contributed by atoms with E-state index in [4.69, 9.17) is 14.5 Å². The number of anilines is 1. The number of carboxylic acid groups (broad SMARTS) is 1. The van der Waals surface area contributed by atoms with Gasteiger partial charge in [0.2, 0.25) is 5.88 Å². The average molecular weight is 494 g/mol. The molecule has 2 aromatic heterocycles. The van der Waals surface area contributed by atoms with Crippen molar-refractivity contribution < 1.29 is 24.2 Å². The summed E-state index contributed by atoms with van der Waals surface area (Å²) in [4.78, 5) is 39.3. The number of ether oxygens (including phenoxy) is 2. The Bertz CT molecular complexity index is 1270. The van der Waals surface area contributed by atoms with E-state index < -0.39 is 12.1 Å². The molecule has 1 N–H and O–H groups in total. The second-order valence-corrected chi connectivity index (χ2v) is 9.65. The van der Waals surface area contributed by atoms with Gasteiger partial charge in [0.1, 0.15) is 0 Å². The van der Waals surface area contributed by atoms with Crippen LogP contribution in [0.4, 0.5) is 10.5 Å². The number of fused-ring (bicyclic) bond motifs is 3. The summed E-state index contributed by atoms with van der Waals surface area (Å²) in [6.07, 6.45) is 8.28. The third kappa shape index (κ3) is 4.25. The van der Waals surface area contributed by atoms with Crippen molar-refractivity contribution in [2.24, 2.45) is 5.92 Å². The van der Waals surface area contributed by atoms with Crippen LogP contribution >= 0.6 is 0 Å². The molecule has 2 aliphatic rings. The normalized spacial score (nSPS) is 22.6. The van der Waals surface area contributed by atoms with Crippen molar-refractivity contribution in [2.45, 2.75) is 70.6 Å². The number of hydrogen-bond donors (Lipinski definition) is 1. The highest BCUT2D eigenvalue weighted by atomic mass is 16.5. The van der Waals surface area contributed by atoms with Crippen LogP contribution in [0.25, 0.3) is 11.0 Å². The smallest absolute Gasteiger partial charge is 0.414 e. The Hall–Kier alpha value is -3.69. The second kappa shape index (κ2) is 9.75. The van der Waals surface area contributed by atoms with Crippen LogP contribution < -0.4 is 9.64 Å². The summed E-state index contributed by atoms with van der Waals surface area (Å²) < 4.78 is 13.4. The van der Waals surface area contributed by atoms with Gasteiger partial charge in [-0.1, -0.05) is 0 Å². The lowest BCUT2D eigenvalue weighted by molar-refractivity contribution is -0.143. The van der Waals surface area contributed by atoms with Crippen molar-refractivity contribution in [1.29, 1.82) is 0 Å². The van der Waals surface area contributed by atoms with Gasteiger partial charge in [-0.2, -0.15) is 0 Å². The van der Waals surface area contributed by atoms with Crippen LogP contribution in [0.5, 0.6) is 5.88 Å². The molecular weight excluding hydrogens is 462 g/mol. The van der Waals surface area contributed by atoms with Crippen molar-refractivity contribution in [3.8, 4) is 5.88 Å². The molecule has 0 radical (unpaired) electrons. The Balaban J connectivity index is 1.60. The van der Waals surface area contributed by atoms with E-state index in [0.717, 1.165) is 53.8 Å². The van der Waals surface area contributed by atoms with Crippen LogP contribution in [0, 0.1) is 5.92 Å².